The molecule has 0 spiro atoms. The molecule has 0 aliphatic rings. The van der Waals surface area contributed by atoms with Crippen LogP contribution in [0.4, 0.5) is 0 Å². The highest BCUT2D eigenvalue weighted by Crippen LogP contribution is 2.28. The molecule has 0 unspecified atom stereocenters. The number of nitrogens with one attached hydrogen (secondary N) is 1. The number of oxime groups is 1. The van der Waals surface area contributed by atoms with Crippen molar-refractivity contribution in [1.82, 2.24) is 5.32 Å². The van der Waals surface area contributed by atoms with E-state index in [1.165, 1.54) is 0 Å². The monoisotopic (exact) mass is 275 g/mol. The van der Waals surface area contributed by atoms with Crippen molar-refractivity contribution in [2.45, 2.75) is 45.3 Å². The van der Waals surface area contributed by atoms with Gasteiger partial charge in [-0.3, -0.25) is 4.79 Å². The van der Waals surface area contributed by atoms with Crippen molar-refractivity contribution in [2.75, 3.05) is 12.8 Å². The first kappa shape index (κ1) is 17.1. The van der Waals surface area contributed by atoms with E-state index >= 15 is 0 Å². The lowest BCUT2D eigenvalue weighted by Gasteiger charge is -2.31. The average Bonchev–Trinajstić information content (AvgIpc) is 2.38. The lowest BCUT2D eigenvalue weighted by molar-refractivity contribution is -0.128. The van der Waals surface area contributed by atoms with E-state index in [0.29, 0.717) is 19.4 Å². The normalized spacial score (nSPS) is 13.5. The predicted octanol–water partition coefficient (Wildman–Crippen LogP) is 1.80. The first-order chi connectivity index (χ1) is 8.29. The number of amidine groups is 1. The molecule has 0 rings (SSSR count). The Morgan fingerprint density at radius 3 is 2.22 bits per heavy atom. The number of hydrogen-bond donors (Lipinski definition) is 3. The zero-order valence-corrected chi connectivity index (χ0v) is 12.7. The number of carbonyl (C=O) groups is 1. The highest BCUT2D eigenvalue weighted by molar-refractivity contribution is 7.99. The molecule has 0 aliphatic carbocycles. The van der Waals surface area contributed by atoms with Gasteiger partial charge in [0.05, 0.1) is 0 Å². The summed E-state index contributed by atoms with van der Waals surface area (Å²) in [7, 11) is 0. The highest BCUT2D eigenvalue weighted by atomic mass is 32.2. The predicted molar refractivity (Wildman–Crippen MR) is 77.0 cm³/mol. The van der Waals surface area contributed by atoms with Gasteiger partial charge >= 0.3 is 0 Å². The Hall–Kier alpha value is -0.910. The molecule has 5 nitrogen and oxygen atoms in total. The van der Waals surface area contributed by atoms with Gasteiger partial charge in [0.25, 0.3) is 0 Å². The molecule has 0 aromatic rings. The second-order valence-corrected chi connectivity index (χ2v) is 6.43. The maximum Gasteiger partial charge on any atom is 0.233 e. The van der Waals surface area contributed by atoms with Crippen LogP contribution in [0.3, 0.4) is 0 Å². The fourth-order valence-electron chi connectivity index (χ4n) is 1.68. The standard InChI is InChI=1S/C12H25N3O2S/c1-6-12(7-2,9(13)15-17)10(16)14-8-11(3,4)18-5/h17H,6-8H2,1-5H3,(H2,13,15)(H,14,16). The van der Waals surface area contributed by atoms with E-state index in [-0.39, 0.29) is 16.5 Å². The van der Waals surface area contributed by atoms with Gasteiger partial charge in [0.1, 0.15) is 5.41 Å². The zero-order valence-electron chi connectivity index (χ0n) is 11.9. The Labute approximate surface area is 114 Å². The summed E-state index contributed by atoms with van der Waals surface area (Å²) in [5, 5.41) is 14.8. The van der Waals surface area contributed by atoms with Gasteiger partial charge in [-0.25, -0.2) is 0 Å². The van der Waals surface area contributed by atoms with E-state index in [1.54, 1.807) is 11.8 Å². The Kier molecular flexibility index (Phi) is 6.52. The molecule has 0 saturated heterocycles. The molecule has 1 amide bonds. The number of nitrogens with zero attached hydrogens (tertiary/aromatic N) is 1. The summed E-state index contributed by atoms with van der Waals surface area (Å²) in [6.07, 6.45) is 3.01. The van der Waals surface area contributed by atoms with Gasteiger partial charge in [0.15, 0.2) is 5.84 Å². The van der Waals surface area contributed by atoms with Crippen LogP contribution in [0, 0.1) is 5.41 Å². The summed E-state index contributed by atoms with van der Waals surface area (Å²) in [5.41, 5.74) is 4.77. The fraction of sp³-hybridized carbons (Fsp3) is 0.833. The molecule has 0 aromatic carbocycles. The summed E-state index contributed by atoms with van der Waals surface area (Å²) >= 11 is 1.68. The summed E-state index contributed by atoms with van der Waals surface area (Å²) < 4.78 is -0.0337. The Bertz CT molecular complexity index is 312. The van der Waals surface area contributed by atoms with Gasteiger partial charge < -0.3 is 16.3 Å². The average molecular weight is 275 g/mol. The fourth-order valence-corrected chi connectivity index (χ4v) is 1.90. The minimum atomic E-state index is -0.913. The van der Waals surface area contributed by atoms with E-state index in [9.17, 15) is 4.79 Å². The Balaban J connectivity index is 4.91. The number of hydrogen-bond acceptors (Lipinski definition) is 4. The lowest BCUT2D eigenvalue weighted by Crippen LogP contribution is -2.51. The number of thioether (sulfide) groups is 1. The molecule has 0 aliphatic heterocycles. The third kappa shape index (κ3) is 3.80. The summed E-state index contributed by atoms with van der Waals surface area (Å²) in [4.78, 5) is 12.3. The highest BCUT2D eigenvalue weighted by Gasteiger charge is 2.40. The molecule has 0 fully saturated rings. The van der Waals surface area contributed by atoms with Crippen molar-refractivity contribution >= 4 is 23.5 Å². The van der Waals surface area contributed by atoms with Crippen molar-refractivity contribution in [3.63, 3.8) is 0 Å². The lowest BCUT2D eigenvalue weighted by atomic mass is 9.80. The van der Waals surface area contributed by atoms with Crippen LogP contribution in [0.25, 0.3) is 0 Å². The maximum absolute atomic E-state index is 12.3. The third-order valence-corrected chi connectivity index (χ3v) is 4.72. The second-order valence-electron chi connectivity index (χ2n) is 4.92. The first-order valence-corrected chi connectivity index (χ1v) is 7.33. The summed E-state index contributed by atoms with van der Waals surface area (Å²) in [5.74, 6) is -0.197. The van der Waals surface area contributed by atoms with Crippen LogP contribution in [-0.4, -0.2) is 34.5 Å². The summed E-state index contributed by atoms with van der Waals surface area (Å²) in [6, 6.07) is 0. The number of amides is 1. The molecule has 0 bridgehead atoms. The van der Waals surface area contributed by atoms with E-state index in [0.717, 1.165) is 0 Å². The molecule has 18 heavy (non-hydrogen) atoms. The topological polar surface area (TPSA) is 87.7 Å². The molecule has 0 atom stereocenters. The van der Waals surface area contributed by atoms with Crippen LogP contribution < -0.4 is 11.1 Å². The molecular weight excluding hydrogens is 250 g/mol. The molecule has 0 saturated carbocycles. The molecule has 106 valence electrons. The molecule has 6 heteroatoms. The number of carbonyl (C=O) groups excluding carboxylic acids is 1. The van der Waals surface area contributed by atoms with E-state index in [4.69, 9.17) is 10.9 Å². The van der Waals surface area contributed by atoms with Gasteiger partial charge in [0, 0.05) is 11.3 Å². The quantitative estimate of drug-likeness (QED) is 0.286. The zero-order chi connectivity index (χ0) is 14.4. The van der Waals surface area contributed by atoms with E-state index in [1.807, 2.05) is 20.1 Å². The molecule has 0 aromatic heterocycles. The van der Waals surface area contributed by atoms with Crippen molar-refractivity contribution in [1.29, 1.82) is 0 Å². The van der Waals surface area contributed by atoms with Gasteiger partial charge in [-0.15, -0.1) is 0 Å². The van der Waals surface area contributed by atoms with Gasteiger partial charge in [-0.1, -0.05) is 19.0 Å². The molecule has 0 heterocycles. The van der Waals surface area contributed by atoms with Crippen LogP contribution in [0.2, 0.25) is 0 Å². The van der Waals surface area contributed by atoms with Gasteiger partial charge in [-0.05, 0) is 32.9 Å². The second kappa shape index (κ2) is 6.87. The smallest absolute Gasteiger partial charge is 0.233 e. The van der Waals surface area contributed by atoms with Crippen LogP contribution in [0.5, 0.6) is 0 Å². The maximum atomic E-state index is 12.3. The Morgan fingerprint density at radius 1 is 1.39 bits per heavy atom. The number of rotatable bonds is 7. The van der Waals surface area contributed by atoms with Crippen LogP contribution in [0.15, 0.2) is 5.16 Å². The van der Waals surface area contributed by atoms with E-state index < -0.39 is 5.41 Å². The van der Waals surface area contributed by atoms with Gasteiger partial charge in [0.2, 0.25) is 5.91 Å². The van der Waals surface area contributed by atoms with Crippen molar-refractivity contribution in [2.24, 2.45) is 16.3 Å². The van der Waals surface area contributed by atoms with Crippen molar-refractivity contribution < 1.29 is 10.0 Å². The molecule has 0 radical (unpaired) electrons. The van der Waals surface area contributed by atoms with Crippen molar-refractivity contribution in [3.05, 3.63) is 0 Å². The molecular formula is C12H25N3O2S. The van der Waals surface area contributed by atoms with Crippen LogP contribution in [0.1, 0.15) is 40.5 Å². The minimum absolute atomic E-state index is 0.0213. The van der Waals surface area contributed by atoms with E-state index in [2.05, 4.69) is 24.3 Å². The van der Waals surface area contributed by atoms with Gasteiger partial charge in [-0.2, -0.15) is 11.8 Å². The largest absolute Gasteiger partial charge is 0.409 e. The number of nitrogens with two attached hydrogens (primary N) is 1. The third-order valence-electron chi connectivity index (χ3n) is 3.47. The van der Waals surface area contributed by atoms with Crippen LogP contribution in [-0.2, 0) is 4.79 Å². The minimum Gasteiger partial charge on any atom is -0.409 e. The SMILES string of the molecule is CCC(CC)(C(=O)NCC(C)(C)SC)C(N)=NO. The first-order valence-electron chi connectivity index (χ1n) is 6.11. The Morgan fingerprint density at radius 2 is 1.89 bits per heavy atom. The molecule has 4 N–H and O–H groups in total. The summed E-state index contributed by atoms with van der Waals surface area (Å²) in [6.45, 7) is 8.39. The van der Waals surface area contributed by atoms with Crippen LogP contribution >= 0.6 is 11.8 Å². The van der Waals surface area contributed by atoms with Crippen molar-refractivity contribution in [3.8, 4) is 0 Å².